The van der Waals surface area contributed by atoms with Crippen molar-refractivity contribution in [3.8, 4) is 34.9 Å². The number of fused-ring (bicyclic) bond motifs is 15. The van der Waals surface area contributed by atoms with Crippen LogP contribution in [0.3, 0.4) is 0 Å². The molecule has 0 unspecified atom stereocenters. The molecule has 3 aromatic carbocycles. The van der Waals surface area contributed by atoms with Crippen LogP contribution >= 0.6 is 0 Å². The predicted octanol–water partition coefficient (Wildman–Crippen LogP) is 12.6. The van der Waals surface area contributed by atoms with Gasteiger partial charge in [-0.05, 0) is 178 Å². The molecular weight excluding hydrogens is 1800 g/mol. The first-order chi connectivity index (χ1) is 60.7. The first kappa shape index (κ1) is 101. The molecule has 18 atom stereocenters. The fourth-order valence-electron chi connectivity index (χ4n) is 19.1. The number of alkyl halides is 2. The Morgan fingerprint density at radius 1 is 0.443 bits per heavy atom. The van der Waals surface area contributed by atoms with E-state index in [4.69, 9.17) is 67.6 Å². The Bertz CT molecular complexity index is 5260. The minimum Gasteiger partial charge on any atom is -0.540 e. The van der Waals surface area contributed by atoms with E-state index >= 15 is 0 Å². The van der Waals surface area contributed by atoms with Crippen molar-refractivity contribution in [1.29, 1.82) is 0 Å². The number of ketones is 1. The average molecular weight is 1920 g/mol. The van der Waals surface area contributed by atoms with E-state index in [1.807, 2.05) is 98.3 Å². The normalized spacial score (nSPS) is 29.8. The Balaban J connectivity index is 0.000000176. The number of carbonyl (C=O) groups excluding carboxylic acids is 10. The van der Waals surface area contributed by atoms with Gasteiger partial charge in [-0.1, -0.05) is 108 Å². The van der Waals surface area contributed by atoms with Crippen LogP contribution in [0.15, 0.2) is 54.6 Å². The van der Waals surface area contributed by atoms with Gasteiger partial charge in [0.2, 0.25) is 41.3 Å². The third-order valence-corrected chi connectivity index (χ3v) is 28.0. The van der Waals surface area contributed by atoms with E-state index in [1.54, 1.807) is 66.2 Å². The summed E-state index contributed by atoms with van der Waals surface area (Å²) >= 11 is 0. The maximum absolute atomic E-state index is 14.9. The summed E-state index contributed by atoms with van der Waals surface area (Å²) in [5.74, 6) is -2.54. The summed E-state index contributed by atoms with van der Waals surface area (Å²) in [7, 11) is 4.73. The zero-order chi connectivity index (χ0) is 91.6. The van der Waals surface area contributed by atoms with Crippen LogP contribution in [-0.2, 0) is 123 Å². The molecule has 2 spiro atoms. The van der Waals surface area contributed by atoms with E-state index in [0.717, 1.165) is 56.2 Å². The largest absolute Gasteiger partial charge is 0.540 e. The number of Topliss-reactive ketones (excluding diaryl/α,β-unsaturated/α-hetero) is 1. The van der Waals surface area contributed by atoms with Crippen LogP contribution < -0.4 is 44.4 Å². The zero-order valence-electron chi connectivity index (χ0n) is 77.0. The summed E-state index contributed by atoms with van der Waals surface area (Å²) in [6.07, 6.45) is 12.3. The number of nitrogens with zero attached hydrogens (tertiary/aromatic N) is 9. The minimum absolute atomic E-state index is 0. The van der Waals surface area contributed by atoms with Crippen LogP contribution in [0.4, 0.5) is 23.2 Å². The van der Waals surface area contributed by atoms with Crippen molar-refractivity contribution >= 4 is 93.7 Å². The standard InChI is InChI=1S/C33H43N4O6.C32H39N4O7.C30H37F2N4O6.3V/c1-6-21-25(18-38)37-17-27(21)42-29-23(34-22-8-7-20(41-5)16-24(22)35-29)10-12-33(13-14-33)11-9-19-15-26(19)43-31(40)36-28(30(37)39)32(2,3)4;1-17-23(16-37)36-15-25(17)42-28-21(33-20-7-6-19(41-5)14-22(20)34-28)8-9-32(10-11-32)26(38)13-18-12-24(18)43-30(40)35-27(29(36)39)31(2,3)4;1-16-22(15-37)36-14-24(16)41-26-20(33-19-9-8-18(40-5)12-21(19)34-26)7-6-10-30(31,32)13-17-11-23(17)42-28(39)35-25(27(36)38)29(2,3)4;;;/h7-8,16,19,21,25-28H,6,9-15,17H2,1-5H3,(H,36,40);6-7,14,17-18,23-25,27H,8-13,15H2,1-5H3,(H,35,40);8-9,12,16-17,22-25H,6-7,10-11,13-14H2,1-5H3,(H,35,39);;;/q3*-1;;;/t19-,21+,25-,26-,27+,28-;17-,18-,23+,24+,25-,27+;16-,17-,22+,23+,24-,25+;;;/m100.../s1. The van der Waals surface area contributed by atoms with Crippen molar-refractivity contribution < 1.29 is 155 Å². The monoisotopic (exact) mass is 1920 g/mol. The van der Waals surface area contributed by atoms with Gasteiger partial charge in [-0.2, -0.15) is 0 Å². The number of rotatable bonds is 7. The molecule has 3 radical (unpaired) electrons. The van der Waals surface area contributed by atoms with Gasteiger partial charge in [-0.25, -0.2) is 71.9 Å². The van der Waals surface area contributed by atoms with E-state index < -0.39 is 143 Å². The number of ether oxygens (including phenoxy) is 9. The molecule has 11 aliphatic rings. The van der Waals surface area contributed by atoms with Gasteiger partial charge in [-0.15, -0.1) is 0 Å². The summed E-state index contributed by atoms with van der Waals surface area (Å²) < 4.78 is 82.3. The molecule has 6 amide bonds. The SMILES string of the molecule is CC[C@@H]1[C@@H]2CN(C(=O)[C@H](C(C)(C)C)NC(=O)O[C@@H]3C[C@H]3CCC3(CCc4nc5ccc(OC)cc5nc4O2)CC3)[C@@H]1[C-]=O.COc1ccc2nc3c(nc2c1)O[C@H]1CN(C(=O)[C@H](C(C)(C)C)NC(=O)O[C@@H]2C[C@H]2CC(=O)C2(CC3)CC2)[C@H]([C-]=O)[C@@H]1C.COc1ccc2nc3c(nc2c1)O[C@H]1CN(C(=O)[C@H](C(C)(C)C)NC(=O)O[C@@H]2C[C@H]2CC(F)(F)CCC3)[C@H]([C-]=O)[C@@H]1C.[V].[V].[V]. The number of benzene rings is 3. The molecule has 3 aromatic heterocycles. The van der Waals surface area contributed by atoms with Crippen LogP contribution in [-0.4, -0.2) is 225 Å². The summed E-state index contributed by atoms with van der Waals surface area (Å²) in [5.41, 5.74) is 3.40. The third-order valence-electron chi connectivity index (χ3n) is 28.0. The summed E-state index contributed by atoms with van der Waals surface area (Å²) in [5, 5.41) is 8.23. The molecule has 6 aliphatic heterocycles. The van der Waals surface area contributed by atoms with Gasteiger partial charge in [0.15, 0.2) is 0 Å². The van der Waals surface area contributed by atoms with Gasteiger partial charge in [0.1, 0.15) is 94.9 Å². The first-order valence-corrected chi connectivity index (χ1v) is 45.2. The Morgan fingerprint density at radius 2 is 0.817 bits per heavy atom. The molecule has 5 saturated carbocycles. The maximum atomic E-state index is 14.9. The fourth-order valence-corrected chi connectivity index (χ4v) is 19.1. The van der Waals surface area contributed by atoms with Crippen LogP contribution in [0.25, 0.3) is 33.1 Å². The number of aryl methyl sites for hydroxylation is 3. The topological polar surface area (TPSA) is 377 Å². The molecule has 3 N–H and O–H groups in total. The maximum Gasteiger partial charge on any atom is 0.408 e. The third kappa shape index (κ3) is 22.8. The van der Waals surface area contributed by atoms with Crippen molar-refractivity contribution in [2.24, 2.45) is 62.6 Å². The van der Waals surface area contributed by atoms with E-state index in [0.29, 0.717) is 112 Å². The zero-order valence-corrected chi connectivity index (χ0v) is 81.2. The van der Waals surface area contributed by atoms with Gasteiger partial charge < -0.3 is 87.7 Å². The Hall–Kier alpha value is -9.01. The number of alkyl carbamates (subject to hydrolysis) is 3. The van der Waals surface area contributed by atoms with Gasteiger partial charge >= 0.3 is 18.3 Å². The van der Waals surface area contributed by atoms with Gasteiger partial charge in [0, 0.05) is 110 Å². The number of carbonyl (C=O) groups is 7. The molecule has 705 valence electrons. The molecule has 6 aromatic rings. The van der Waals surface area contributed by atoms with E-state index in [1.165, 1.54) is 34.7 Å². The molecule has 31 nitrogen and oxygen atoms in total. The second-order valence-electron chi connectivity index (χ2n) is 40.4. The molecule has 9 heterocycles. The molecule has 6 bridgehead atoms. The number of hydrogen-bond donors (Lipinski definition) is 3. The Labute approximate surface area is 798 Å². The number of aromatic nitrogens is 6. The van der Waals surface area contributed by atoms with Crippen LogP contribution in [0.1, 0.15) is 203 Å². The molecule has 131 heavy (non-hydrogen) atoms. The van der Waals surface area contributed by atoms with E-state index in [9.17, 15) is 56.7 Å². The quantitative estimate of drug-likeness (QED) is 0.0987. The van der Waals surface area contributed by atoms with Gasteiger partial charge in [0.05, 0.1) is 74.1 Å². The fraction of sp³-hybridized carbons (Fsp3) is 0.642. The number of methoxy groups -OCH3 is 3. The average Bonchev–Trinajstić information content (AvgIpc) is 1.64. The smallest absolute Gasteiger partial charge is 0.408 e. The first-order valence-electron chi connectivity index (χ1n) is 45.2. The summed E-state index contributed by atoms with van der Waals surface area (Å²) in [6.45, 7) is 22.4. The van der Waals surface area contributed by atoms with Gasteiger partial charge in [-0.3, -0.25) is 19.2 Å². The van der Waals surface area contributed by atoms with Crippen molar-refractivity contribution in [2.75, 3.05) is 41.0 Å². The van der Waals surface area contributed by atoms with Crippen LogP contribution in [0, 0.1) is 62.6 Å². The molecular formula is C95H119F2N12O19V3-3. The number of hydrogen-bond acceptors (Lipinski definition) is 25. The Kier molecular flexibility index (Phi) is 31.0. The van der Waals surface area contributed by atoms with Crippen molar-refractivity contribution in [3.63, 3.8) is 0 Å². The van der Waals surface area contributed by atoms with Gasteiger partial charge in [0.25, 0.3) is 0 Å². The van der Waals surface area contributed by atoms with Crippen molar-refractivity contribution in [2.45, 2.75) is 284 Å². The summed E-state index contributed by atoms with van der Waals surface area (Å²) in [6, 6.07) is 10.7. The Morgan fingerprint density at radius 3 is 1.21 bits per heavy atom. The van der Waals surface area contributed by atoms with Crippen LogP contribution in [0.5, 0.6) is 34.9 Å². The number of halogens is 2. The number of amides is 6. The molecule has 17 rings (SSSR count). The van der Waals surface area contributed by atoms with Crippen LogP contribution in [0.2, 0.25) is 0 Å². The molecule has 8 fully saturated rings. The molecule has 3 saturated heterocycles. The predicted molar refractivity (Wildman–Crippen MR) is 463 cm³/mol. The van der Waals surface area contributed by atoms with Crippen molar-refractivity contribution in [1.82, 2.24) is 60.6 Å². The summed E-state index contributed by atoms with van der Waals surface area (Å²) in [4.78, 5) is 164. The molecule has 5 aliphatic carbocycles. The van der Waals surface area contributed by atoms with E-state index in [-0.39, 0.29) is 142 Å². The molecule has 36 heteroatoms. The number of nitrogens with one attached hydrogen (secondary N) is 3. The van der Waals surface area contributed by atoms with Crippen molar-refractivity contribution in [3.05, 3.63) is 71.7 Å². The minimum atomic E-state index is -2.96. The second-order valence-corrected chi connectivity index (χ2v) is 40.4. The second kappa shape index (κ2) is 40.3. The van der Waals surface area contributed by atoms with E-state index in [2.05, 4.69) is 27.2 Å².